The fourth-order valence-corrected chi connectivity index (χ4v) is 3.01. The number of fused-ring (bicyclic) bond motifs is 2. The molecule has 0 aliphatic heterocycles. The molecule has 0 unspecified atom stereocenters. The minimum atomic E-state index is 0.914. The summed E-state index contributed by atoms with van der Waals surface area (Å²) in [5.74, 6) is 0. The van der Waals surface area contributed by atoms with Crippen molar-refractivity contribution < 1.29 is 0 Å². The smallest absolute Gasteiger partial charge is 0.212 e. The van der Waals surface area contributed by atoms with Crippen molar-refractivity contribution in [2.24, 2.45) is 0 Å². The first-order chi connectivity index (χ1) is 8.92. The van der Waals surface area contributed by atoms with E-state index in [2.05, 4.69) is 28.3 Å². The fraction of sp³-hybridized carbons (Fsp3) is 0. The van der Waals surface area contributed by atoms with E-state index in [-0.39, 0.29) is 0 Å². The quantitative estimate of drug-likeness (QED) is 0.517. The van der Waals surface area contributed by atoms with Crippen LogP contribution in [0, 0.1) is 0 Å². The highest BCUT2D eigenvalue weighted by Gasteiger charge is 2.08. The molecule has 0 fully saturated rings. The molecule has 4 heteroatoms. The maximum absolute atomic E-state index is 4.62. The predicted octanol–water partition coefficient (Wildman–Crippen LogP) is 3.64. The Morgan fingerprint density at radius 2 is 1.78 bits per heavy atom. The van der Waals surface area contributed by atoms with Crippen molar-refractivity contribution in [3.63, 3.8) is 0 Å². The van der Waals surface area contributed by atoms with Crippen LogP contribution in [0.2, 0.25) is 0 Å². The summed E-state index contributed by atoms with van der Waals surface area (Å²) in [5.41, 5.74) is 2.12. The molecule has 2 heterocycles. The van der Waals surface area contributed by atoms with Crippen LogP contribution in [0.4, 0.5) is 0 Å². The molecule has 0 spiro atoms. The Bertz CT molecular complexity index is 811. The van der Waals surface area contributed by atoms with Gasteiger partial charge in [-0.15, -0.1) is 0 Å². The summed E-state index contributed by atoms with van der Waals surface area (Å²) in [6.07, 6.45) is 1.88. The van der Waals surface area contributed by atoms with Crippen LogP contribution in [-0.2, 0) is 0 Å². The van der Waals surface area contributed by atoms with E-state index in [1.807, 2.05) is 41.2 Å². The molecule has 0 aliphatic carbocycles. The van der Waals surface area contributed by atoms with Gasteiger partial charge in [-0.2, -0.15) is 5.10 Å². The molecule has 0 amide bonds. The minimum Gasteiger partial charge on any atom is -0.218 e. The zero-order chi connectivity index (χ0) is 11.9. The number of hydrogen-bond acceptors (Lipinski definition) is 3. The van der Waals surface area contributed by atoms with Crippen molar-refractivity contribution in [3.8, 4) is 5.13 Å². The predicted molar refractivity (Wildman–Crippen MR) is 74.2 cm³/mol. The molecule has 4 aromatic rings. The van der Waals surface area contributed by atoms with Gasteiger partial charge in [-0.3, -0.25) is 0 Å². The van der Waals surface area contributed by atoms with Crippen LogP contribution < -0.4 is 0 Å². The lowest BCUT2D eigenvalue weighted by Crippen LogP contribution is -1.94. The summed E-state index contributed by atoms with van der Waals surface area (Å²) in [5, 5.41) is 6.48. The molecule has 3 nitrogen and oxygen atoms in total. The average molecular weight is 251 g/mol. The van der Waals surface area contributed by atoms with Gasteiger partial charge in [0.25, 0.3) is 0 Å². The Labute approximate surface area is 107 Å². The zero-order valence-electron chi connectivity index (χ0n) is 9.45. The Morgan fingerprint density at radius 3 is 2.72 bits per heavy atom. The molecule has 0 saturated heterocycles. The first kappa shape index (κ1) is 9.79. The third-order valence-corrected chi connectivity index (χ3v) is 3.95. The molecule has 0 saturated carbocycles. The van der Waals surface area contributed by atoms with E-state index in [0.717, 1.165) is 21.6 Å². The summed E-state index contributed by atoms with van der Waals surface area (Å²) in [6.45, 7) is 0. The van der Waals surface area contributed by atoms with Crippen molar-refractivity contribution in [2.45, 2.75) is 0 Å². The van der Waals surface area contributed by atoms with Gasteiger partial charge in [-0.05, 0) is 18.2 Å². The fourth-order valence-electron chi connectivity index (χ4n) is 2.07. The molecule has 18 heavy (non-hydrogen) atoms. The lowest BCUT2D eigenvalue weighted by atomic mass is 10.3. The average Bonchev–Trinajstić information content (AvgIpc) is 3.02. The van der Waals surface area contributed by atoms with Gasteiger partial charge in [-0.1, -0.05) is 41.7 Å². The van der Waals surface area contributed by atoms with E-state index in [1.54, 1.807) is 11.3 Å². The second-order valence-corrected chi connectivity index (χ2v) is 5.09. The van der Waals surface area contributed by atoms with Crippen molar-refractivity contribution in [1.29, 1.82) is 0 Å². The lowest BCUT2D eigenvalue weighted by Gasteiger charge is -1.96. The molecule has 2 aromatic heterocycles. The molecule has 2 aromatic carbocycles. The number of benzene rings is 2. The van der Waals surface area contributed by atoms with Crippen LogP contribution in [0.1, 0.15) is 0 Å². The van der Waals surface area contributed by atoms with Gasteiger partial charge in [0, 0.05) is 5.39 Å². The Morgan fingerprint density at radius 1 is 0.944 bits per heavy atom. The summed E-state index contributed by atoms with van der Waals surface area (Å²) >= 11 is 1.66. The molecule has 4 rings (SSSR count). The molecule has 0 N–H and O–H groups in total. The van der Waals surface area contributed by atoms with Crippen molar-refractivity contribution in [1.82, 2.24) is 14.8 Å². The van der Waals surface area contributed by atoms with Gasteiger partial charge in [0.2, 0.25) is 5.13 Å². The summed E-state index contributed by atoms with van der Waals surface area (Å²) in [4.78, 5) is 4.62. The maximum Gasteiger partial charge on any atom is 0.212 e. The van der Waals surface area contributed by atoms with E-state index in [9.17, 15) is 0 Å². The monoisotopic (exact) mass is 251 g/mol. The van der Waals surface area contributed by atoms with E-state index < -0.39 is 0 Å². The largest absolute Gasteiger partial charge is 0.218 e. The third-order valence-electron chi connectivity index (χ3n) is 2.94. The summed E-state index contributed by atoms with van der Waals surface area (Å²) in [6, 6.07) is 16.3. The van der Waals surface area contributed by atoms with Crippen LogP contribution in [0.3, 0.4) is 0 Å². The van der Waals surface area contributed by atoms with Crippen LogP contribution in [-0.4, -0.2) is 14.8 Å². The van der Waals surface area contributed by atoms with Gasteiger partial charge < -0.3 is 0 Å². The first-order valence-corrected chi connectivity index (χ1v) is 6.52. The molecule has 0 atom stereocenters. The molecular weight excluding hydrogens is 242 g/mol. The minimum absolute atomic E-state index is 0.914. The van der Waals surface area contributed by atoms with Crippen LogP contribution in [0.25, 0.3) is 26.3 Å². The number of rotatable bonds is 1. The molecule has 0 aliphatic rings. The highest BCUT2D eigenvalue weighted by molar-refractivity contribution is 7.20. The van der Waals surface area contributed by atoms with Gasteiger partial charge in [0.1, 0.15) is 0 Å². The van der Waals surface area contributed by atoms with Gasteiger partial charge >= 0.3 is 0 Å². The summed E-state index contributed by atoms with van der Waals surface area (Å²) in [7, 11) is 0. The number of hydrogen-bond donors (Lipinski definition) is 0. The van der Waals surface area contributed by atoms with Gasteiger partial charge in [-0.25, -0.2) is 9.67 Å². The first-order valence-electron chi connectivity index (χ1n) is 5.70. The number of nitrogens with zero attached hydrogens (tertiary/aromatic N) is 3. The van der Waals surface area contributed by atoms with E-state index >= 15 is 0 Å². The van der Waals surface area contributed by atoms with E-state index in [0.29, 0.717) is 0 Å². The molecular formula is C14H9N3S. The zero-order valence-corrected chi connectivity index (χ0v) is 10.3. The SMILES string of the molecule is c1ccc2c(c1)cnn2-c1nc2ccccc2s1. The Kier molecular flexibility index (Phi) is 1.98. The second kappa shape index (κ2) is 3.65. The van der Waals surface area contributed by atoms with Crippen LogP contribution in [0.5, 0.6) is 0 Å². The second-order valence-electron chi connectivity index (χ2n) is 4.08. The van der Waals surface area contributed by atoms with Crippen LogP contribution in [0.15, 0.2) is 54.7 Å². The molecule has 0 radical (unpaired) electrons. The lowest BCUT2D eigenvalue weighted by molar-refractivity contribution is 0.902. The van der Waals surface area contributed by atoms with Crippen LogP contribution >= 0.6 is 11.3 Å². The van der Waals surface area contributed by atoms with Crippen molar-refractivity contribution in [3.05, 3.63) is 54.7 Å². The highest BCUT2D eigenvalue weighted by atomic mass is 32.1. The van der Waals surface area contributed by atoms with E-state index in [4.69, 9.17) is 0 Å². The summed E-state index contributed by atoms with van der Waals surface area (Å²) < 4.78 is 3.09. The maximum atomic E-state index is 4.62. The number of aromatic nitrogens is 3. The standard InChI is InChI=1S/C14H9N3S/c1-3-7-12-10(5-1)9-15-17(12)14-16-11-6-2-4-8-13(11)18-14/h1-9H. The molecule has 86 valence electrons. The molecule has 0 bridgehead atoms. The third kappa shape index (κ3) is 1.36. The normalized spacial score (nSPS) is 11.3. The Balaban J connectivity index is 2.01. The van der Waals surface area contributed by atoms with Crippen molar-refractivity contribution in [2.75, 3.05) is 0 Å². The topological polar surface area (TPSA) is 30.7 Å². The number of para-hydroxylation sites is 2. The highest BCUT2D eigenvalue weighted by Crippen LogP contribution is 2.26. The number of thiazole rings is 1. The van der Waals surface area contributed by atoms with Gasteiger partial charge in [0.15, 0.2) is 0 Å². The van der Waals surface area contributed by atoms with Gasteiger partial charge in [0.05, 0.1) is 21.9 Å². The van der Waals surface area contributed by atoms with Crippen molar-refractivity contribution >= 4 is 32.5 Å². The Hall–Kier alpha value is -2.20. The van der Waals surface area contributed by atoms with E-state index in [1.165, 1.54) is 4.70 Å².